The third kappa shape index (κ3) is 4.44. The van der Waals surface area contributed by atoms with Gasteiger partial charge >= 0.3 is 0 Å². The third-order valence-electron chi connectivity index (χ3n) is 6.84. The van der Waals surface area contributed by atoms with Crippen molar-refractivity contribution in [1.29, 1.82) is 0 Å². The lowest BCUT2D eigenvalue weighted by Crippen LogP contribution is -1.96. The summed E-state index contributed by atoms with van der Waals surface area (Å²) >= 11 is 0. The number of hydrogen-bond acceptors (Lipinski definition) is 2. The molecule has 0 radical (unpaired) electrons. The van der Waals surface area contributed by atoms with Crippen LogP contribution in [0.15, 0.2) is 146 Å². The van der Waals surface area contributed by atoms with Crippen LogP contribution >= 0.6 is 0 Å². The van der Waals surface area contributed by atoms with Crippen molar-refractivity contribution in [3.63, 3.8) is 0 Å². The van der Waals surface area contributed by atoms with Crippen LogP contribution in [0, 0.1) is 0 Å². The van der Waals surface area contributed by atoms with Crippen LogP contribution in [0.5, 0.6) is 11.5 Å². The number of phenolic OH excluding ortho intramolecular Hbond substituents is 2. The molecule has 0 heterocycles. The van der Waals surface area contributed by atoms with E-state index in [1.165, 1.54) is 0 Å². The first kappa shape index (κ1) is 23.3. The van der Waals surface area contributed by atoms with Gasteiger partial charge in [-0.25, -0.2) is 0 Å². The highest BCUT2D eigenvalue weighted by molar-refractivity contribution is 6.06. The van der Waals surface area contributed by atoms with E-state index < -0.39 is 0 Å². The molecule has 0 bridgehead atoms. The quantitative estimate of drug-likeness (QED) is 0.253. The van der Waals surface area contributed by atoms with Crippen molar-refractivity contribution in [2.24, 2.45) is 0 Å². The van der Waals surface area contributed by atoms with Gasteiger partial charge < -0.3 is 10.2 Å². The van der Waals surface area contributed by atoms with Crippen molar-refractivity contribution < 1.29 is 10.2 Å². The van der Waals surface area contributed by atoms with Crippen molar-refractivity contribution in [2.45, 2.75) is 0 Å². The second-order valence-corrected chi connectivity index (χ2v) is 9.30. The van der Waals surface area contributed by atoms with Crippen molar-refractivity contribution in [2.75, 3.05) is 0 Å². The van der Waals surface area contributed by atoms with Crippen LogP contribution in [0.25, 0.3) is 55.6 Å². The van der Waals surface area contributed by atoms with Gasteiger partial charge in [-0.05, 0) is 79.9 Å². The molecule has 0 aliphatic rings. The molecule has 6 aromatic carbocycles. The minimum absolute atomic E-state index is 0.202. The summed E-state index contributed by atoms with van der Waals surface area (Å²) in [5.41, 5.74) is 9.69. The summed E-state index contributed by atoms with van der Waals surface area (Å²) in [5, 5.41) is 21.9. The number of aromatic hydroxyl groups is 2. The van der Waals surface area contributed by atoms with E-state index in [0.29, 0.717) is 0 Å². The van der Waals surface area contributed by atoms with Crippen molar-refractivity contribution in [3.8, 4) is 67.1 Å². The summed E-state index contributed by atoms with van der Waals surface area (Å²) in [5.74, 6) is 0.403. The predicted octanol–water partition coefficient (Wildman–Crippen LogP) is 9.43. The van der Waals surface area contributed by atoms with E-state index in [0.717, 1.165) is 55.6 Å². The van der Waals surface area contributed by atoms with Gasteiger partial charge in [-0.3, -0.25) is 0 Å². The Morgan fingerprint density at radius 2 is 0.500 bits per heavy atom. The maximum atomic E-state index is 11.0. The fourth-order valence-electron chi connectivity index (χ4n) is 5.17. The van der Waals surface area contributed by atoms with Crippen LogP contribution in [0.2, 0.25) is 0 Å². The molecule has 2 N–H and O–H groups in total. The molecule has 2 heteroatoms. The highest BCUT2D eigenvalue weighted by Gasteiger charge is 2.23. The van der Waals surface area contributed by atoms with Gasteiger partial charge in [0.05, 0.1) is 0 Å². The third-order valence-corrected chi connectivity index (χ3v) is 6.84. The van der Waals surface area contributed by atoms with Crippen molar-refractivity contribution in [3.05, 3.63) is 146 Å². The molecule has 0 spiro atoms. The highest BCUT2D eigenvalue weighted by Crippen LogP contribution is 2.50. The van der Waals surface area contributed by atoms with Gasteiger partial charge in [0.1, 0.15) is 11.5 Å². The molecule has 6 aromatic rings. The van der Waals surface area contributed by atoms with Gasteiger partial charge in [-0.2, -0.15) is 0 Å². The Kier molecular flexibility index (Phi) is 6.21. The molecule has 0 aromatic heterocycles. The molecule has 0 aliphatic carbocycles. The van der Waals surface area contributed by atoms with Crippen LogP contribution in [0.1, 0.15) is 0 Å². The smallest absolute Gasteiger partial charge is 0.116 e. The Morgan fingerprint density at radius 1 is 0.289 bits per heavy atom. The van der Waals surface area contributed by atoms with Gasteiger partial charge in [-0.1, -0.05) is 121 Å². The maximum absolute atomic E-state index is 11.0. The SMILES string of the molecule is Oc1cc(-c2ccccc2)c(-c2c(-c3ccccc3)cc(O)cc2-c2ccccc2)c(-c2ccccc2)c1. The standard InChI is InChI=1S/C36H26O2/c37-29-21-31(25-13-5-1-6-14-25)35(32(22-29)26-15-7-2-8-16-26)36-33(27-17-9-3-10-18-27)23-30(38)24-34(36)28-19-11-4-12-20-28/h1-24,37-38H. The molecule has 0 aliphatic heterocycles. The molecular formula is C36H26O2. The molecule has 0 saturated heterocycles. The molecule has 0 unspecified atom stereocenters. The summed E-state index contributed by atoms with van der Waals surface area (Å²) in [6.07, 6.45) is 0. The van der Waals surface area contributed by atoms with Gasteiger partial charge in [0, 0.05) is 0 Å². The Morgan fingerprint density at radius 3 is 0.711 bits per heavy atom. The zero-order valence-corrected chi connectivity index (χ0v) is 20.8. The summed E-state index contributed by atoms with van der Waals surface area (Å²) in [4.78, 5) is 0. The fraction of sp³-hybridized carbons (Fsp3) is 0. The highest BCUT2D eigenvalue weighted by atomic mass is 16.3. The van der Waals surface area contributed by atoms with E-state index in [1.54, 1.807) is 0 Å². The van der Waals surface area contributed by atoms with Crippen LogP contribution in [-0.4, -0.2) is 10.2 Å². The molecule has 0 fully saturated rings. The monoisotopic (exact) mass is 490 g/mol. The topological polar surface area (TPSA) is 40.5 Å². The van der Waals surface area contributed by atoms with Crippen LogP contribution in [-0.2, 0) is 0 Å². The average molecular weight is 491 g/mol. The van der Waals surface area contributed by atoms with Gasteiger partial charge in [0.15, 0.2) is 0 Å². The second-order valence-electron chi connectivity index (χ2n) is 9.30. The van der Waals surface area contributed by atoms with E-state index in [-0.39, 0.29) is 11.5 Å². The van der Waals surface area contributed by atoms with Crippen LogP contribution in [0.3, 0.4) is 0 Å². The Hall–Kier alpha value is -5.08. The largest absolute Gasteiger partial charge is 0.508 e. The lowest BCUT2D eigenvalue weighted by Gasteiger charge is -2.23. The van der Waals surface area contributed by atoms with E-state index in [2.05, 4.69) is 48.5 Å². The second kappa shape index (κ2) is 10.1. The summed E-state index contributed by atoms with van der Waals surface area (Å²) in [6.45, 7) is 0. The van der Waals surface area contributed by atoms with Gasteiger partial charge in [0.25, 0.3) is 0 Å². The van der Waals surface area contributed by atoms with Crippen LogP contribution < -0.4 is 0 Å². The average Bonchev–Trinajstić information content (AvgIpc) is 2.98. The maximum Gasteiger partial charge on any atom is 0.116 e. The van der Waals surface area contributed by atoms with Gasteiger partial charge in [-0.15, -0.1) is 0 Å². The molecule has 0 saturated carbocycles. The zero-order chi connectivity index (χ0) is 25.9. The first-order valence-electron chi connectivity index (χ1n) is 12.6. The van der Waals surface area contributed by atoms with Gasteiger partial charge in [0.2, 0.25) is 0 Å². The molecule has 2 nitrogen and oxygen atoms in total. The van der Waals surface area contributed by atoms with E-state index >= 15 is 0 Å². The lowest BCUT2D eigenvalue weighted by molar-refractivity contribution is 0.475. The van der Waals surface area contributed by atoms with E-state index in [4.69, 9.17) is 0 Å². The molecule has 6 rings (SSSR count). The summed E-state index contributed by atoms with van der Waals surface area (Å²) < 4.78 is 0. The predicted molar refractivity (Wildman–Crippen MR) is 157 cm³/mol. The Balaban J connectivity index is 1.81. The fourth-order valence-corrected chi connectivity index (χ4v) is 5.17. The minimum atomic E-state index is 0.202. The number of hydrogen-bond donors (Lipinski definition) is 2. The zero-order valence-electron chi connectivity index (χ0n) is 20.8. The Labute approximate surface area is 222 Å². The molecule has 0 amide bonds. The first-order valence-corrected chi connectivity index (χ1v) is 12.6. The summed E-state index contributed by atoms with van der Waals surface area (Å²) in [7, 11) is 0. The Bertz CT molecular complexity index is 1440. The molecule has 182 valence electrons. The van der Waals surface area contributed by atoms with Crippen molar-refractivity contribution in [1.82, 2.24) is 0 Å². The van der Waals surface area contributed by atoms with Crippen LogP contribution in [0.4, 0.5) is 0 Å². The normalized spacial score (nSPS) is 10.8. The first-order chi connectivity index (χ1) is 18.7. The summed E-state index contributed by atoms with van der Waals surface area (Å²) in [6, 6.07) is 48.0. The lowest BCUT2D eigenvalue weighted by atomic mass is 9.80. The number of benzene rings is 6. The number of phenols is 2. The molecule has 0 atom stereocenters. The molecule has 38 heavy (non-hydrogen) atoms. The number of rotatable bonds is 5. The van der Waals surface area contributed by atoms with Crippen molar-refractivity contribution >= 4 is 0 Å². The minimum Gasteiger partial charge on any atom is -0.508 e. The molecular weight excluding hydrogens is 464 g/mol. The van der Waals surface area contributed by atoms with E-state index in [9.17, 15) is 10.2 Å². The van der Waals surface area contributed by atoms with E-state index in [1.807, 2.05) is 97.1 Å².